The zero-order valence-electron chi connectivity index (χ0n) is 7.84. The highest BCUT2D eigenvalue weighted by Gasteiger charge is 2.24. The molecule has 1 fully saturated rings. The molecule has 0 aromatic rings. The van der Waals surface area contributed by atoms with Gasteiger partial charge in [0.25, 0.3) is 0 Å². The molecule has 0 amide bonds. The molecule has 0 aromatic carbocycles. The summed E-state index contributed by atoms with van der Waals surface area (Å²) in [5, 5.41) is 4.96. The Morgan fingerprint density at radius 2 is 2.09 bits per heavy atom. The molecule has 4 N–H and O–H groups in total. The molecule has 1 rings (SSSR count). The number of hydrogen-bond acceptors (Lipinski definition) is 0. The van der Waals surface area contributed by atoms with Crippen LogP contribution >= 0.6 is 0 Å². The summed E-state index contributed by atoms with van der Waals surface area (Å²) in [5.41, 5.74) is 0. The van der Waals surface area contributed by atoms with Gasteiger partial charge in [-0.05, 0) is 13.3 Å². The van der Waals surface area contributed by atoms with Gasteiger partial charge in [-0.2, -0.15) is 0 Å². The van der Waals surface area contributed by atoms with Crippen LogP contribution in [0.5, 0.6) is 0 Å². The van der Waals surface area contributed by atoms with Crippen molar-refractivity contribution in [3.8, 4) is 0 Å². The van der Waals surface area contributed by atoms with E-state index in [-0.39, 0.29) is 0 Å². The first-order chi connectivity index (χ1) is 5.33. The molecule has 1 atom stereocenters. The topological polar surface area (TPSA) is 33.2 Å². The summed E-state index contributed by atoms with van der Waals surface area (Å²) in [6.45, 7) is 7.17. The van der Waals surface area contributed by atoms with Gasteiger partial charge < -0.3 is 10.6 Å². The lowest BCUT2D eigenvalue weighted by atomic mass is 10.3. The molecule has 66 valence electrons. The van der Waals surface area contributed by atoms with Crippen molar-refractivity contribution in [3.05, 3.63) is 0 Å². The molecule has 0 spiro atoms. The minimum atomic E-state index is 0.822. The molecule has 0 radical (unpaired) electrons. The first-order valence-electron chi connectivity index (χ1n) is 4.99. The maximum Gasteiger partial charge on any atom is 0.125 e. The van der Waals surface area contributed by atoms with Gasteiger partial charge in [0.1, 0.15) is 13.1 Å². The maximum atomic E-state index is 2.50. The summed E-state index contributed by atoms with van der Waals surface area (Å²) >= 11 is 0. The predicted octanol–water partition coefficient (Wildman–Crippen LogP) is -0.926. The van der Waals surface area contributed by atoms with E-state index in [1.165, 1.54) is 32.4 Å². The van der Waals surface area contributed by atoms with E-state index in [2.05, 4.69) is 24.5 Å². The Bertz CT molecular complexity index is 99.7. The Hall–Kier alpha value is -0.0800. The second-order valence-corrected chi connectivity index (χ2v) is 3.77. The van der Waals surface area contributed by atoms with Crippen LogP contribution in [0.1, 0.15) is 33.1 Å². The monoisotopic (exact) mass is 158 g/mol. The molecule has 0 heterocycles. The molecule has 0 aliphatic heterocycles. The summed E-state index contributed by atoms with van der Waals surface area (Å²) < 4.78 is 0. The van der Waals surface area contributed by atoms with Crippen LogP contribution < -0.4 is 10.6 Å². The van der Waals surface area contributed by atoms with Crippen LogP contribution in [0, 0.1) is 0 Å². The highest BCUT2D eigenvalue weighted by molar-refractivity contribution is 4.68. The van der Waals surface area contributed by atoms with Gasteiger partial charge in [-0.1, -0.05) is 6.92 Å². The highest BCUT2D eigenvalue weighted by Crippen LogP contribution is 2.12. The molecular weight excluding hydrogens is 136 g/mol. The van der Waals surface area contributed by atoms with Crippen molar-refractivity contribution >= 4 is 0 Å². The van der Waals surface area contributed by atoms with Crippen LogP contribution in [0.3, 0.4) is 0 Å². The minimum Gasteiger partial charge on any atom is -0.339 e. The molecule has 11 heavy (non-hydrogen) atoms. The van der Waals surface area contributed by atoms with Crippen LogP contribution in [-0.2, 0) is 0 Å². The van der Waals surface area contributed by atoms with Crippen LogP contribution in [0.2, 0.25) is 0 Å². The Labute approximate surface area is 69.8 Å². The second kappa shape index (κ2) is 4.73. The lowest BCUT2D eigenvalue weighted by molar-refractivity contribution is -0.744. The van der Waals surface area contributed by atoms with Gasteiger partial charge in [-0.25, -0.2) is 0 Å². The zero-order chi connectivity index (χ0) is 8.10. The van der Waals surface area contributed by atoms with Crippen molar-refractivity contribution in [2.24, 2.45) is 0 Å². The summed E-state index contributed by atoms with van der Waals surface area (Å²) in [5.74, 6) is 0. The van der Waals surface area contributed by atoms with Gasteiger partial charge in [0.05, 0.1) is 12.1 Å². The number of quaternary nitrogens is 2. The molecule has 2 heteroatoms. The van der Waals surface area contributed by atoms with E-state index in [4.69, 9.17) is 0 Å². The quantitative estimate of drug-likeness (QED) is 0.469. The average Bonchev–Trinajstić information content (AvgIpc) is 2.81. The Morgan fingerprint density at radius 3 is 2.64 bits per heavy atom. The SMILES string of the molecule is CC[C@H](C)[NH2+]CC[NH2+]C1CC1. The largest absolute Gasteiger partial charge is 0.339 e. The molecule has 0 saturated heterocycles. The van der Waals surface area contributed by atoms with E-state index in [1.807, 2.05) is 0 Å². The van der Waals surface area contributed by atoms with Gasteiger partial charge >= 0.3 is 0 Å². The fourth-order valence-electron chi connectivity index (χ4n) is 1.21. The summed E-state index contributed by atoms with van der Waals surface area (Å²) in [7, 11) is 0. The van der Waals surface area contributed by atoms with Crippen LogP contribution in [0.25, 0.3) is 0 Å². The standard InChI is InChI=1S/C9H20N2/c1-3-8(2)10-6-7-11-9-4-5-9/h8-11H,3-7H2,1-2H3/p+2/t8-/m0/s1. The smallest absolute Gasteiger partial charge is 0.125 e. The van der Waals surface area contributed by atoms with Crippen molar-refractivity contribution in [1.82, 2.24) is 0 Å². The normalized spacial score (nSPS) is 20.2. The summed E-state index contributed by atoms with van der Waals surface area (Å²) in [6.07, 6.45) is 4.22. The Kier molecular flexibility index (Phi) is 3.87. The van der Waals surface area contributed by atoms with E-state index in [1.54, 1.807) is 0 Å². The van der Waals surface area contributed by atoms with E-state index in [0.29, 0.717) is 0 Å². The van der Waals surface area contributed by atoms with E-state index in [0.717, 1.165) is 12.1 Å². The van der Waals surface area contributed by atoms with Crippen LogP contribution in [0.15, 0.2) is 0 Å². The Balaban J connectivity index is 1.79. The molecule has 1 saturated carbocycles. The molecule has 1 aliphatic rings. The fourth-order valence-corrected chi connectivity index (χ4v) is 1.21. The van der Waals surface area contributed by atoms with Crippen LogP contribution in [0.4, 0.5) is 0 Å². The van der Waals surface area contributed by atoms with Gasteiger partial charge in [-0.15, -0.1) is 0 Å². The maximum absolute atomic E-state index is 2.50. The van der Waals surface area contributed by atoms with Crippen LogP contribution in [-0.4, -0.2) is 25.2 Å². The zero-order valence-corrected chi connectivity index (χ0v) is 7.84. The van der Waals surface area contributed by atoms with Crippen molar-refractivity contribution < 1.29 is 10.6 Å². The first kappa shape index (κ1) is 9.01. The molecule has 1 aliphatic carbocycles. The third-order valence-corrected chi connectivity index (χ3v) is 2.50. The van der Waals surface area contributed by atoms with E-state index < -0.39 is 0 Å². The van der Waals surface area contributed by atoms with Crippen molar-refractivity contribution in [2.45, 2.75) is 45.2 Å². The Morgan fingerprint density at radius 1 is 1.36 bits per heavy atom. The molecule has 0 aromatic heterocycles. The lowest BCUT2D eigenvalue weighted by Gasteiger charge is -2.06. The highest BCUT2D eigenvalue weighted by atomic mass is 15.0. The number of rotatable bonds is 6. The molecule has 2 nitrogen and oxygen atoms in total. The number of nitrogens with two attached hydrogens (primary N) is 2. The van der Waals surface area contributed by atoms with Gasteiger partial charge in [0, 0.05) is 12.8 Å². The molecule has 0 unspecified atom stereocenters. The third kappa shape index (κ3) is 4.38. The molecule has 0 bridgehead atoms. The lowest BCUT2D eigenvalue weighted by Crippen LogP contribution is -2.97. The fraction of sp³-hybridized carbons (Fsp3) is 1.00. The van der Waals surface area contributed by atoms with Crippen molar-refractivity contribution in [3.63, 3.8) is 0 Å². The molecular formula is C9H22N2+2. The second-order valence-electron chi connectivity index (χ2n) is 3.77. The first-order valence-corrected chi connectivity index (χ1v) is 4.99. The van der Waals surface area contributed by atoms with Gasteiger partial charge in [0.2, 0.25) is 0 Å². The van der Waals surface area contributed by atoms with E-state index >= 15 is 0 Å². The third-order valence-electron chi connectivity index (χ3n) is 2.50. The summed E-state index contributed by atoms with van der Waals surface area (Å²) in [4.78, 5) is 0. The summed E-state index contributed by atoms with van der Waals surface area (Å²) in [6, 6.07) is 1.82. The van der Waals surface area contributed by atoms with Crippen molar-refractivity contribution in [2.75, 3.05) is 13.1 Å². The number of hydrogen-bond donors (Lipinski definition) is 2. The van der Waals surface area contributed by atoms with Gasteiger partial charge in [0.15, 0.2) is 0 Å². The minimum absolute atomic E-state index is 0.822. The van der Waals surface area contributed by atoms with E-state index in [9.17, 15) is 0 Å². The van der Waals surface area contributed by atoms with Gasteiger partial charge in [-0.3, -0.25) is 0 Å². The van der Waals surface area contributed by atoms with Crippen molar-refractivity contribution in [1.29, 1.82) is 0 Å². The average molecular weight is 158 g/mol. The predicted molar refractivity (Wildman–Crippen MR) is 46.4 cm³/mol.